The molecule has 0 saturated heterocycles. The zero-order valence-electron chi connectivity index (χ0n) is 12.8. The summed E-state index contributed by atoms with van der Waals surface area (Å²) in [5.74, 6) is -0.723. The van der Waals surface area contributed by atoms with Crippen LogP contribution in [-0.2, 0) is 28.7 Å². The number of aromatic nitrogens is 1. The van der Waals surface area contributed by atoms with Crippen molar-refractivity contribution in [3.63, 3.8) is 0 Å². The number of carbonyl (C=O) groups is 1. The van der Waals surface area contributed by atoms with Crippen molar-refractivity contribution in [2.45, 2.75) is 18.7 Å². The molecule has 0 unspecified atom stereocenters. The van der Waals surface area contributed by atoms with Crippen LogP contribution in [0.4, 0.5) is 0 Å². The largest absolute Gasteiger partial charge is 0.293 e. The summed E-state index contributed by atoms with van der Waals surface area (Å²) in [5, 5.41) is 8.65. The van der Waals surface area contributed by atoms with Crippen molar-refractivity contribution in [2.24, 2.45) is 0 Å². The van der Waals surface area contributed by atoms with Crippen LogP contribution in [0, 0.1) is 0 Å². The molecule has 0 atom stereocenters. The number of sulfonamides is 1. The summed E-state index contributed by atoms with van der Waals surface area (Å²) in [6.45, 7) is 0.553. The molecule has 1 aromatic carbocycles. The number of hydrogen-bond acceptors (Lipinski definition) is 5. The van der Waals surface area contributed by atoms with Crippen molar-refractivity contribution >= 4 is 15.9 Å². The van der Waals surface area contributed by atoms with Gasteiger partial charge in [-0.1, -0.05) is 36.4 Å². The highest BCUT2D eigenvalue weighted by Crippen LogP contribution is 2.22. The van der Waals surface area contributed by atoms with Crippen LogP contribution in [0.3, 0.4) is 0 Å². The molecular weight excluding hydrogens is 330 g/mol. The Morgan fingerprint density at radius 1 is 1.21 bits per heavy atom. The molecule has 8 heteroatoms. The number of hydrogen-bond donors (Lipinski definition) is 2. The molecule has 0 aliphatic carbocycles. The summed E-state index contributed by atoms with van der Waals surface area (Å²) in [4.78, 5) is 15.6. The zero-order valence-corrected chi connectivity index (χ0v) is 13.7. The van der Waals surface area contributed by atoms with Gasteiger partial charge in [0, 0.05) is 25.2 Å². The number of amides is 1. The number of carbonyl (C=O) groups excluding carboxylic acids is 1. The van der Waals surface area contributed by atoms with Gasteiger partial charge < -0.3 is 0 Å². The number of rotatable bonds is 4. The smallest absolute Gasteiger partial charge is 0.288 e. The third kappa shape index (κ3) is 3.45. The molecule has 1 aliphatic rings. The molecule has 0 saturated carbocycles. The molecule has 2 N–H and O–H groups in total. The molecule has 2 heterocycles. The maximum atomic E-state index is 12.6. The van der Waals surface area contributed by atoms with Gasteiger partial charge in [-0.2, -0.15) is 4.31 Å². The minimum atomic E-state index is -3.42. The van der Waals surface area contributed by atoms with E-state index in [1.807, 2.05) is 18.2 Å². The van der Waals surface area contributed by atoms with Gasteiger partial charge in [0.1, 0.15) is 5.69 Å². The van der Waals surface area contributed by atoms with Gasteiger partial charge in [-0.15, -0.1) is 0 Å². The lowest BCUT2D eigenvalue weighted by Gasteiger charge is -2.27. The van der Waals surface area contributed by atoms with Crippen molar-refractivity contribution < 1.29 is 18.4 Å². The summed E-state index contributed by atoms with van der Waals surface area (Å²) >= 11 is 0. The molecule has 7 nitrogen and oxygen atoms in total. The van der Waals surface area contributed by atoms with Gasteiger partial charge >= 0.3 is 0 Å². The van der Waals surface area contributed by atoms with Crippen LogP contribution in [0.2, 0.25) is 0 Å². The predicted octanol–water partition coefficient (Wildman–Crippen LogP) is 1.09. The monoisotopic (exact) mass is 347 g/mol. The minimum Gasteiger partial charge on any atom is -0.288 e. The highest BCUT2D eigenvalue weighted by molar-refractivity contribution is 7.88. The normalized spacial score (nSPS) is 14.9. The van der Waals surface area contributed by atoms with Gasteiger partial charge in [0.2, 0.25) is 10.0 Å². The Labute approximate surface area is 140 Å². The molecule has 0 radical (unpaired) electrons. The van der Waals surface area contributed by atoms with Crippen LogP contribution in [0.1, 0.15) is 27.3 Å². The quantitative estimate of drug-likeness (QED) is 0.637. The average Bonchev–Trinajstić information content (AvgIpc) is 2.60. The first kappa shape index (κ1) is 16.6. The van der Waals surface area contributed by atoms with Gasteiger partial charge in [-0.05, 0) is 17.2 Å². The fourth-order valence-corrected chi connectivity index (χ4v) is 4.19. The van der Waals surface area contributed by atoms with Crippen LogP contribution in [0.15, 0.2) is 42.5 Å². The Morgan fingerprint density at radius 3 is 2.67 bits per heavy atom. The predicted molar refractivity (Wildman–Crippen MR) is 86.7 cm³/mol. The fraction of sp³-hybridized carbons (Fsp3) is 0.250. The lowest BCUT2D eigenvalue weighted by Crippen LogP contribution is -2.37. The zero-order chi connectivity index (χ0) is 17.2. The summed E-state index contributed by atoms with van der Waals surface area (Å²) < 4.78 is 26.6. The maximum absolute atomic E-state index is 12.6. The third-order valence-corrected chi connectivity index (χ3v) is 5.73. The molecule has 126 valence electrons. The van der Waals surface area contributed by atoms with E-state index >= 15 is 0 Å². The second-order valence-electron chi connectivity index (χ2n) is 5.57. The number of hydroxylamine groups is 1. The first-order valence-electron chi connectivity index (χ1n) is 7.44. The van der Waals surface area contributed by atoms with Crippen LogP contribution < -0.4 is 5.48 Å². The van der Waals surface area contributed by atoms with Crippen LogP contribution in [-0.4, -0.2) is 35.4 Å². The first-order valence-corrected chi connectivity index (χ1v) is 9.05. The summed E-state index contributed by atoms with van der Waals surface area (Å²) in [6, 6.07) is 12.2. The van der Waals surface area contributed by atoms with E-state index in [0.717, 1.165) is 11.1 Å². The van der Waals surface area contributed by atoms with E-state index in [2.05, 4.69) is 4.98 Å². The van der Waals surface area contributed by atoms with Gasteiger partial charge in [0.25, 0.3) is 5.91 Å². The van der Waals surface area contributed by atoms with Gasteiger partial charge in [-0.3, -0.25) is 10.0 Å². The van der Waals surface area contributed by atoms with E-state index in [0.29, 0.717) is 18.7 Å². The van der Waals surface area contributed by atoms with Gasteiger partial charge in [-0.25, -0.2) is 18.9 Å². The summed E-state index contributed by atoms with van der Waals surface area (Å²) in [6.07, 6.45) is 0.426. The Bertz CT molecular complexity index is 853. The van der Waals surface area contributed by atoms with E-state index in [-0.39, 0.29) is 18.0 Å². The molecular formula is C16H17N3O4S. The molecule has 24 heavy (non-hydrogen) atoms. The lowest BCUT2D eigenvalue weighted by molar-refractivity contribution is 0.0700. The standard InChI is InChI=1S/C16H17N3O4S/c20-16(18-21)15-7-6-13-10-19(9-8-14(13)17-15)24(22,23)11-12-4-2-1-3-5-12/h1-7,21H,8-11H2,(H,18,20). The molecule has 0 bridgehead atoms. The van der Waals surface area contributed by atoms with Gasteiger partial charge in [0.05, 0.1) is 5.75 Å². The van der Waals surface area contributed by atoms with E-state index in [1.165, 1.54) is 10.4 Å². The fourth-order valence-electron chi connectivity index (χ4n) is 2.69. The topological polar surface area (TPSA) is 99.6 Å². The van der Waals surface area contributed by atoms with E-state index in [1.54, 1.807) is 23.7 Å². The second kappa shape index (κ2) is 6.68. The Kier molecular flexibility index (Phi) is 4.61. The summed E-state index contributed by atoms with van der Waals surface area (Å²) in [5.41, 5.74) is 3.85. The number of nitrogens with one attached hydrogen (secondary N) is 1. The lowest BCUT2D eigenvalue weighted by atomic mass is 10.1. The third-order valence-electron chi connectivity index (χ3n) is 3.93. The Balaban J connectivity index is 1.78. The number of pyridine rings is 1. The highest BCUT2D eigenvalue weighted by Gasteiger charge is 2.28. The SMILES string of the molecule is O=C(NO)c1ccc2c(n1)CCN(S(=O)(=O)Cc1ccccc1)C2. The number of nitrogens with zero attached hydrogens (tertiary/aromatic N) is 2. The molecule has 1 aromatic heterocycles. The maximum Gasteiger partial charge on any atom is 0.293 e. The van der Waals surface area contributed by atoms with E-state index in [9.17, 15) is 13.2 Å². The Morgan fingerprint density at radius 2 is 1.96 bits per heavy atom. The van der Waals surface area contributed by atoms with Crippen LogP contribution in [0.25, 0.3) is 0 Å². The summed E-state index contributed by atoms with van der Waals surface area (Å²) in [7, 11) is -3.42. The molecule has 0 spiro atoms. The minimum absolute atomic E-state index is 0.0401. The van der Waals surface area contributed by atoms with Crippen molar-refractivity contribution in [2.75, 3.05) is 6.54 Å². The number of benzene rings is 1. The first-order chi connectivity index (χ1) is 11.5. The van der Waals surface area contributed by atoms with E-state index in [4.69, 9.17) is 5.21 Å². The molecule has 1 amide bonds. The van der Waals surface area contributed by atoms with Crippen molar-refractivity contribution in [1.29, 1.82) is 0 Å². The molecule has 3 rings (SSSR count). The van der Waals surface area contributed by atoms with Crippen molar-refractivity contribution in [3.05, 3.63) is 65.0 Å². The van der Waals surface area contributed by atoms with Crippen molar-refractivity contribution in [3.8, 4) is 0 Å². The van der Waals surface area contributed by atoms with E-state index < -0.39 is 15.9 Å². The van der Waals surface area contributed by atoms with Crippen LogP contribution >= 0.6 is 0 Å². The number of fused-ring (bicyclic) bond motifs is 1. The average molecular weight is 347 g/mol. The highest BCUT2D eigenvalue weighted by atomic mass is 32.2. The molecule has 2 aromatic rings. The Hall–Kier alpha value is -2.29. The molecule has 1 aliphatic heterocycles. The molecule has 0 fully saturated rings. The second-order valence-corrected chi connectivity index (χ2v) is 7.54. The van der Waals surface area contributed by atoms with Crippen LogP contribution in [0.5, 0.6) is 0 Å². The van der Waals surface area contributed by atoms with Crippen molar-refractivity contribution in [1.82, 2.24) is 14.8 Å². The van der Waals surface area contributed by atoms with Gasteiger partial charge in [0.15, 0.2) is 0 Å².